The van der Waals surface area contributed by atoms with Crippen LogP contribution in [0.5, 0.6) is 0 Å². The molecule has 0 aliphatic carbocycles. The normalized spacial score (nSPS) is 31.0. The fraction of sp³-hybridized carbons (Fsp3) is 1.00. The Balaban J connectivity index is 2.35. The third-order valence-corrected chi connectivity index (χ3v) is 2.59. The summed E-state index contributed by atoms with van der Waals surface area (Å²) in [6, 6.07) is 0. The maximum absolute atomic E-state index is 5.11. The highest BCUT2D eigenvalue weighted by Gasteiger charge is 2.27. The molecule has 1 aliphatic rings. The number of hydroxylamine groups is 2. The highest BCUT2D eigenvalue weighted by Crippen LogP contribution is 2.19. The molecule has 0 bridgehead atoms. The minimum Gasteiger partial charge on any atom is -0.310 e. The van der Waals surface area contributed by atoms with Crippen LogP contribution in [0.25, 0.3) is 0 Å². The predicted octanol–water partition coefficient (Wildman–Crippen LogP) is 1.01. The first kappa shape index (κ1) is 9.96. The Morgan fingerprint density at radius 2 is 2.25 bits per heavy atom. The summed E-state index contributed by atoms with van der Waals surface area (Å²) in [5.41, 5.74) is 0.253. The van der Waals surface area contributed by atoms with Crippen LogP contribution in [0.4, 0.5) is 0 Å². The molecule has 1 atom stereocenters. The Bertz CT molecular complexity index is 132. The van der Waals surface area contributed by atoms with E-state index in [0.717, 1.165) is 13.1 Å². The van der Waals surface area contributed by atoms with Crippen LogP contribution in [-0.2, 0) is 4.84 Å². The molecule has 0 radical (unpaired) electrons. The van der Waals surface area contributed by atoms with Gasteiger partial charge in [0.05, 0.1) is 7.11 Å². The summed E-state index contributed by atoms with van der Waals surface area (Å²) >= 11 is 0. The van der Waals surface area contributed by atoms with Gasteiger partial charge in [-0.05, 0) is 26.3 Å². The fourth-order valence-corrected chi connectivity index (χ4v) is 1.81. The van der Waals surface area contributed by atoms with Crippen molar-refractivity contribution in [2.75, 3.05) is 27.2 Å². The largest absolute Gasteiger partial charge is 0.310 e. The molecule has 1 saturated heterocycles. The van der Waals surface area contributed by atoms with Crippen molar-refractivity contribution in [1.29, 1.82) is 0 Å². The van der Waals surface area contributed by atoms with Gasteiger partial charge in [0.1, 0.15) is 0 Å². The molecule has 12 heavy (non-hydrogen) atoms. The fourth-order valence-electron chi connectivity index (χ4n) is 1.81. The van der Waals surface area contributed by atoms with E-state index in [1.807, 2.05) is 12.1 Å². The van der Waals surface area contributed by atoms with Gasteiger partial charge < -0.3 is 10.2 Å². The van der Waals surface area contributed by atoms with E-state index in [-0.39, 0.29) is 5.54 Å². The maximum Gasteiger partial charge on any atom is 0.0575 e. The first-order chi connectivity index (χ1) is 5.66. The molecule has 3 heteroatoms. The van der Waals surface area contributed by atoms with Gasteiger partial charge in [0.25, 0.3) is 0 Å². The van der Waals surface area contributed by atoms with Crippen LogP contribution in [0.2, 0.25) is 0 Å². The zero-order valence-electron chi connectivity index (χ0n) is 8.39. The highest BCUT2D eigenvalue weighted by atomic mass is 16.7. The molecule has 1 unspecified atom stereocenters. The number of piperidine rings is 1. The molecule has 1 aliphatic heterocycles. The van der Waals surface area contributed by atoms with Gasteiger partial charge in [0.2, 0.25) is 0 Å². The quantitative estimate of drug-likeness (QED) is 0.643. The summed E-state index contributed by atoms with van der Waals surface area (Å²) < 4.78 is 0. The van der Waals surface area contributed by atoms with Crippen molar-refractivity contribution < 1.29 is 4.84 Å². The van der Waals surface area contributed by atoms with E-state index in [4.69, 9.17) is 4.84 Å². The monoisotopic (exact) mass is 172 g/mol. The second kappa shape index (κ2) is 4.21. The van der Waals surface area contributed by atoms with E-state index in [2.05, 4.69) is 12.2 Å². The van der Waals surface area contributed by atoms with Crippen molar-refractivity contribution in [3.63, 3.8) is 0 Å². The summed E-state index contributed by atoms with van der Waals surface area (Å²) in [5.74, 6) is 0. The van der Waals surface area contributed by atoms with Crippen LogP contribution in [0.1, 0.15) is 26.2 Å². The molecule has 0 spiro atoms. The second-order valence-corrected chi connectivity index (χ2v) is 3.91. The average Bonchev–Trinajstić information content (AvgIpc) is 2.05. The van der Waals surface area contributed by atoms with Crippen LogP contribution >= 0.6 is 0 Å². The van der Waals surface area contributed by atoms with Crippen molar-refractivity contribution in [2.45, 2.75) is 31.7 Å². The zero-order valence-corrected chi connectivity index (χ0v) is 8.39. The van der Waals surface area contributed by atoms with Gasteiger partial charge in [-0.3, -0.25) is 0 Å². The summed E-state index contributed by atoms with van der Waals surface area (Å²) in [5, 5.41) is 5.43. The van der Waals surface area contributed by atoms with Crippen LogP contribution < -0.4 is 5.32 Å². The lowest BCUT2D eigenvalue weighted by Gasteiger charge is -2.37. The lowest BCUT2D eigenvalue weighted by atomic mass is 9.91. The van der Waals surface area contributed by atoms with Crippen LogP contribution in [-0.4, -0.2) is 37.8 Å². The Labute approximate surface area is 75.0 Å². The molecular formula is C9H20N2O. The molecule has 1 N–H and O–H groups in total. The lowest BCUT2D eigenvalue weighted by molar-refractivity contribution is -0.124. The Morgan fingerprint density at radius 1 is 1.50 bits per heavy atom. The van der Waals surface area contributed by atoms with E-state index in [0.29, 0.717) is 0 Å². The summed E-state index contributed by atoms with van der Waals surface area (Å²) in [6.45, 7) is 4.37. The van der Waals surface area contributed by atoms with E-state index in [9.17, 15) is 0 Å². The van der Waals surface area contributed by atoms with Gasteiger partial charge in [-0.25, -0.2) is 0 Å². The number of hydrogen-bond donors (Lipinski definition) is 1. The average molecular weight is 172 g/mol. The number of likely N-dealkylation sites (N-methyl/N-ethyl adjacent to an activating group) is 1. The molecule has 0 aromatic carbocycles. The predicted molar refractivity (Wildman–Crippen MR) is 49.9 cm³/mol. The minimum atomic E-state index is 0.253. The van der Waals surface area contributed by atoms with E-state index >= 15 is 0 Å². The topological polar surface area (TPSA) is 24.5 Å². The van der Waals surface area contributed by atoms with Gasteiger partial charge >= 0.3 is 0 Å². The van der Waals surface area contributed by atoms with Crippen LogP contribution in [0.3, 0.4) is 0 Å². The third-order valence-electron chi connectivity index (χ3n) is 2.59. The first-order valence-electron chi connectivity index (χ1n) is 4.66. The molecule has 1 rings (SSSR count). The number of rotatable bonds is 3. The third kappa shape index (κ3) is 2.73. The lowest BCUT2D eigenvalue weighted by Crippen LogP contribution is -2.52. The van der Waals surface area contributed by atoms with Crippen molar-refractivity contribution in [3.05, 3.63) is 0 Å². The Hall–Kier alpha value is -0.120. The van der Waals surface area contributed by atoms with Crippen LogP contribution in [0, 0.1) is 0 Å². The van der Waals surface area contributed by atoms with Gasteiger partial charge in [-0.2, -0.15) is 5.06 Å². The number of hydrogen-bond acceptors (Lipinski definition) is 3. The summed E-state index contributed by atoms with van der Waals surface area (Å²) in [7, 11) is 3.69. The Morgan fingerprint density at radius 3 is 2.75 bits per heavy atom. The van der Waals surface area contributed by atoms with E-state index in [1.54, 1.807) is 7.11 Å². The van der Waals surface area contributed by atoms with Crippen LogP contribution in [0.15, 0.2) is 0 Å². The summed E-state index contributed by atoms with van der Waals surface area (Å²) in [6.07, 6.45) is 3.90. The zero-order chi connectivity index (χ0) is 9.03. The molecule has 72 valence electrons. The first-order valence-corrected chi connectivity index (χ1v) is 4.66. The SMILES string of the molecule is CON(C)CC1(C)CCCCN1. The molecule has 0 aromatic rings. The van der Waals surface area contributed by atoms with Gasteiger partial charge in [0.15, 0.2) is 0 Å². The van der Waals surface area contributed by atoms with E-state index in [1.165, 1.54) is 19.3 Å². The molecule has 0 saturated carbocycles. The molecule has 0 aromatic heterocycles. The highest BCUT2D eigenvalue weighted by molar-refractivity contribution is 4.87. The molecular weight excluding hydrogens is 152 g/mol. The van der Waals surface area contributed by atoms with Gasteiger partial charge in [-0.15, -0.1) is 0 Å². The van der Waals surface area contributed by atoms with Crippen molar-refractivity contribution in [3.8, 4) is 0 Å². The molecule has 3 nitrogen and oxygen atoms in total. The molecule has 0 amide bonds. The Kier molecular flexibility index (Phi) is 3.50. The smallest absolute Gasteiger partial charge is 0.0575 e. The van der Waals surface area contributed by atoms with Crippen molar-refractivity contribution in [2.24, 2.45) is 0 Å². The standard InChI is InChI=1S/C9H20N2O/c1-9(8-11(2)12-3)6-4-5-7-10-9/h10H,4-8H2,1-3H3. The van der Waals surface area contributed by atoms with Gasteiger partial charge in [0, 0.05) is 19.1 Å². The van der Waals surface area contributed by atoms with Gasteiger partial charge in [-0.1, -0.05) is 6.42 Å². The number of nitrogens with zero attached hydrogens (tertiary/aromatic N) is 1. The maximum atomic E-state index is 5.11. The minimum absolute atomic E-state index is 0.253. The van der Waals surface area contributed by atoms with E-state index < -0.39 is 0 Å². The number of nitrogens with one attached hydrogen (secondary N) is 1. The van der Waals surface area contributed by atoms with Crippen molar-refractivity contribution >= 4 is 0 Å². The van der Waals surface area contributed by atoms with Crippen molar-refractivity contribution in [1.82, 2.24) is 10.4 Å². The summed E-state index contributed by atoms with van der Waals surface area (Å²) in [4.78, 5) is 5.11. The molecule has 1 heterocycles. The molecule has 1 fully saturated rings. The second-order valence-electron chi connectivity index (χ2n) is 3.91.